The van der Waals surface area contributed by atoms with Crippen molar-refractivity contribution in [1.82, 2.24) is 20.2 Å². The van der Waals surface area contributed by atoms with Crippen LogP contribution in [-0.4, -0.2) is 45.8 Å². The van der Waals surface area contributed by atoms with Crippen molar-refractivity contribution >= 4 is 12.0 Å². The van der Waals surface area contributed by atoms with Gasteiger partial charge in [0, 0.05) is 5.56 Å². The first-order chi connectivity index (χ1) is 11.7. The summed E-state index contributed by atoms with van der Waals surface area (Å²) in [4.78, 5) is 32.0. The van der Waals surface area contributed by atoms with Gasteiger partial charge in [-0.25, -0.2) is 9.59 Å². The van der Waals surface area contributed by atoms with Crippen LogP contribution in [0.4, 0.5) is 4.79 Å². The Kier molecular flexibility index (Phi) is 3.46. The molecule has 2 atom stereocenters. The number of benzene rings is 1. The van der Waals surface area contributed by atoms with Crippen LogP contribution in [0, 0.1) is 0 Å². The van der Waals surface area contributed by atoms with Crippen LogP contribution in [0.3, 0.4) is 0 Å². The molecular weight excluding hydrogens is 312 g/mol. The number of hydrogen-bond donors (Lipinski definition) is 1. The molecule has 1 saturated heterocycles. The van der Waals surface area contributed by atoms with Crippen LogP contribution in [-0.2, 0) is 21.0 Å². The van der Waals surface area contributed by atoms with Crippen molar-refractivity contribution in [3.05, 3.63) is 53.3 Å². The van der Waals surface area contributed by atoms with Crippen LogP contribution in [0.1, 0.15) is 28.9 Å². The number of urea groups is 1. The summed E-state index contributed by atoms with van der Waals surface area (Å²) < 4.78 is 4.85. The fourth-order valence-corrected chi connectivity index (χ4v) is 3.21. The highest BCUT2D eigenvalue weighted by molar-refractivity contribution is 5.87. The first-order valence-corrected chi connectivity index (χ1v) is 7.58. The number of hydrogen-bond acceptors (Lipinski definition) is 5. The van der Waals surface area contributed by atoms with Gasteiger partial charge in [-0.2, -0.15) is 10.2 Å². The summed E-state index contributed by atoms with van der Waals surface area (Å²) in [7, 11) is 1.30. The Labute approximate surface area is 137 Å². The van der Waals surface area contributed by atoms with Crippen molar-refractivity contribution < 1.29 is 19.2 Å². The Morgan fingerprint density at radius 3 is 2.92 bits per heavy atom. The molecule has 2 aromatic rings. The number of rotatable bonds is 4. The standard InChI is InChI=1S/C16H16N4O4/c1-23-15(21)14-11-7-17-18-13(11)12-8-19(14)16(22)20(12)24-9-10-5-3-2-4-6-10/h2-7,12,14H,8-9H2,1H3,(H,17,18)/t12-,14-/m1/s1. The van der Waals surface area contributed by atoms with E-state index in [0.29, 0.717) is 17.8 Å². The minimum absolute atomic E-state index is 0.267. The van der Waals surface area contributed by atoms with Crippen molar-refractivity contribution in [2.24, 2.45) is 0 Å². The summed E-state index contributed by atoms with van der Waals surface area (Å²) in [6.45, 7) is 0.617. The van der Waals surface area contributed by atoms with Gasteiger partial charge in [0.1, 0.15) is 12.6 Å². The van der Waals surface area contributed by atoms with Crippen molar-refractivity contribution in [3.8, 4) is 0 Å². The van der Waals surface area contributed by atoms with Gasteiger partial charge in [0.15, 0.2) is 6.04 Å². The Bertz CT molecular complexity index is 775. The molecule has 0 unspecified atom stereocenters. The fourth-order valence-electron chi connectivity index (χ4n) is 3.21. The number of fused-ring (bicyclic) bond motifs is 4. The third kappa shape index (κ3) is 2.15. The zero-order chi connectivity index (χ0) is 16.7. The number of carbonyl (C=O) groups is 2. The quantitative estimate of drug-likeness (QED) is 0.860. The van der Waals surface area contributed by atoms with E-state index in [-0.39, 0.29) is 18.7 Å². The molecule has 124 valence electrons. The molecule has 8 heteroatoms. The molecular formula is C16H16N4O4. The lowest BCUT2D eigenvalue weighted by atomic mass is 9.98. The van der Waals surface area contributed by atoms with Gasteiger partial charge >= 0.3 is 12.0 Å². The third-order valence-corrected chi connectivity index (χ3v) is 4.36. The van der Waals surface area contributed by atoms with Gasteiger partial charge in [0.2, 0.25) is 0 Å². The molecule has 8 nitrogen and oxygen atoms in total. The fraction of sp³-hybridized carbons (Fsp3) is 0.312. The molecule has 2 aliphatic rings. The largest absolute Gasteiger partial charge is 0.467 e. The molecule has 1 aromatic carbocycles. The number of carbonyl (C=O) groups excluding carboxylic acids is 2. The van der Waals surface area contributed by atoms with E-state index in [1.807, 2.05) is 30.3 Å². The molecule has 0 aliphatic carbocycles. The predicted octanol–water partition coefficient (Wildman–Crippen LogP) is 1.55. The number of H-pyrrole nitrogens is 1. The zero-order valence-electron chi connectivity index (χ0n) is 13.0. The Hall–Kier alpha value is -2.87. The number of ether oxygens (including phenoxy) is 1. The van der Waals surface area contributed by atoms with Gasteiger partial charge in [0.05, 0.1) is 25.5 Å². The van der Waals surface area contributed by atoms with E-state index in [9.17, 15) is 9.59 Å². The zero-order valence-corrected chi connectivity index (χ0v) is 13.0. The molecule has 0 radical (unpaired) electrons. The number of aromatic amines is 1. The molecule has 2 bridgehead atoms. The molecule has 4 rings (SSSR count). The molecule has 0 spiro atoms. The molecule has 1 aromatic heterocycles. The van der Waals surface area contributed by atoms with E-state index in [0.717, 1.165) is 5.56 Å². The average molecular weight is 328 g/mol. The number of hydroxylamine groups is 2. The lowest BCUT2D eigenvalue weighted by Gasteiger charge is -2.27. The average Bonchev–Trinajstić information content (AvgIpc) is 3.20. The topological polar surface area (TPSA) is 87.8 Å². The van der Waals surface area contributed by atoms with Gasteiger partial charge in [0.25, 0.3) is 0 Å². The highest BCUT2D eigenvalue weighted by atomic mass is 16.7. The van der Waals surface area contributed by atoms with Crippen molar-refractivity contribution in [3.63, 3.8) is 0 Å². The monoisotopic (exact) mass is 328 g/mol. The number of aromatic nitrogens is 2. The minimum Gasteiger partial charge on any atom is -0.467 e. The first kappa shape index (κ1) is 14.7. The van der Waals surface area contributed by atoms with E-state index in [2.05, 4.69) is 10.2 Å². The first-order valence-electron chi connectivity index (χ1n) is 7.58. The molecule has 2 aliphatic heterocycles. The molecule has 0 saturated carbocycles. The van der Waals surface area contributed by atoms with E-state index in [4.69, 9.17) is 9.57 Å². The van der Waals surface area contributed by atoms with Crippen LogP contribution < -0.4 is 0 Å². The van der Waals surface area contributed by atoms with E-state index < -0.39 is 12.0 Å². The lowest BCUT2D eigenvalue weighted by molar-refractivity contribution is -0.146. The second kappa shape index (κ2) is 5.64. The van der Waals surface area contributed by atoms with Crippen molar-refractivity contribution in [2.45, 2.75) is 18.7 Å². The Morgan fingerprint density at radius 2 is 2.17 bits per heavy atom. The maximum absolute atomic E-state index is 12.7. The van der Waals surface area contributed by atoms with Crippen LogP contribution in [0.25, 0.3) is 0 Å². The normalized spacial score (nSPS) is 21.8. The highest BCUT2D eigenvalue weighted by Crippen LogP contribution is 2.43. The molecule has 1 fully saturated rings. The number of esters is 1. The third-order valence-electron chi connectivity index (χ3n) is 4.36. The van der Waals surface area contributed by atoms with Gasteiger partial charge in [-0.1, -0.05) is 30.3 Å². The smallest absolute Gasteiger partial charge is 0.345 e. The minimum atomic E-state index is -0.794. The molecule has 3 heterocycles. The van der Waals surface area contributed by atoms with Crippen LogP contribution in [0.5, 0.6) is 0 Å². The van der Waals surface area contributed by atoms with Gasteiger partial charge in [-0.05, 0) is 5.56 Å². The molecule has 24 heavy (non-hydrogen) atoms. The second-order valence-corrected chi connectivity index (χ2v) is 5.70. The summed E-state index contributed by atoms with van der Waals surface area (Å²) in [6.07, 6.45) is 1.56. The van der Waals surface area contributed by atoms with Crippen molar-refractivity contribution in [2.75, 3.05) is 13.7 Å². The van der Waals surface area contributed by atoms with Crippen LogP contribution >= 0.6 is 0 Å². The number of nitrogens with one attached hydrogen (secondary N) is 1. The second-order valence-electron chi connectivity index (χ2n) is 5.70. The summed E-state index contributed by atoms with van der Waals surface area (Å²) in [5.41, 5.74) is 2.31. The molecule has 1 N–H and O–H groups in total. The van der Waals surface area contributed by atoms with Crippen LogP contribution in [0.15, 0.2) is 36.5 Å². The number of amides is 2. The van der Waals surface area contributed by atoms with E-state index in [1.54, 1.807) is 6.20 Å². The SMILES string of the molecule is COC(=O)[C@H]1c2cn[nH]c2[C@H]2CN1C(=O)N2OCc1ccccc1. The van der Waals surface area contributed by atoms with Gasteiger partial charge in [-0.3, -0.25) is 9.94 Å². The van der Waals surface area contributed by atoms with Crippen molar-refractivity contribution in [1.29, 1.82) is 0 Å². The predicted molar refractivity (Wildman–Crippen MR) is 81.3 cm³/mol. The summed E-state index contributed by atoms with van der Waals surface area (Å²) >= 11 is 0. The van der Waals surface area contributed by atoms with E-state index in [1.165, 1.54) is 17.1 Å². The number of methoxy groups -OCH3 is 1. The Morgan fingerprint density at radius 1 is 1.38 bits per heavy atom. The Balaban J connectivity index is 1.61. The summed E-state index contributed by atoms with van der Waals surface area (Å²) in [5, 5.41) is 8.21. The maximum atomic E-state index is 12.7. The highest BCUT2D eigenvalue weighted by Gasteiger charge is 2.52. The van der Waals surface area contributed by atoms with Gasteiger partial charge in [-0.15, -0.1) is 0 Å². The van der Waals surface area contributed by atoms with E-state index >= 15 is 0 Å². The summed E-state index contributed by atoms with van der Waals surface area (Å²) in [5.74, 6) is -0.491. The number of nitrogens with zero attached hydrogens (tertiary/aromatic N) is 3. The maximum Gasteiger partial charge on any atom is 0.345 e. The summed E-state index contributed by atoms with van der Waals surface area (Å²) in [6, 6.07) is 8.12. The van der Waals surface area contributed by atoms with Crippen LogP contribution in [0.2, 0.25) is 0 Å². The molecule has 2 amide bonds. The lowest BCUT2D eigenvalue weighted by Crippen LogP contribution is -2.38. The van der Waals surface area contributed by atoms with Gasteiger partial charge < -0.3 is 9.64 Å².